The highest BCUT2D eigenvalue weighted by Crippen LogP contribution is 2.46. The van der Waals surface area contributed by atoms with Crippen molar-refractivity contribution in [2.24, 2.45) is 0 Å². The maximum absolute atomic E-state index is 6.51. The molecule has 3 heteroatoms. The maximum Gasteiger partial charge on any atom is 0.136 e. The SMILES string of the molecule is C=C1/C=C\C=C/C/C(c2ccc(C3C=C(c4ccc5ccc6oc7ccccc7c6c5c4)C=CC3NC3=C4Oc5ccccc5C4CC=C3)cc2)=C\C=C/1. The fourth-order valence-electron chi connectivity index (χ4n) is 8.41. The van der Waals surface area contributed by atoms with Crippen LogP contribution in [0.1, 0.15) is 46.9 Å². The van der Waals surface area contributed by atoms with E-state index in [0.29, 0.717) is 0 Å². The fraction of sp³-hybridized carbons (Fsp3) is 0.0980. The van der Waals surface area contributed by atoms with Crippen molar-refractivity contribution in [3.05, 3.63) is 222 Å². The molecule has 54 heavy (non-hydrogen) atoms. The van der Waals surface area contributed by atoms with Crippen LogP contribution in [0.3, 0.4) is 0 Å². The lowest BCUT2D eigenvalue weighted by molar-refractivity contribution is 0.409. The molecule has 2 heterocycles. The van der Waals surface area contributed by atoms with Crippen LogP contribution < -0.4 is 10.1 Å². The Kier molecular flexibility index (Phi) is 7.99. The number of nitrogens with one attached hydrogen (secondary N) is 1. The predicted octanol–water partition coefficient (Wildman–Crippen LogP) is 12.8. The van der Waals surface area contributed by atoms with Crippen molar-refractivity contribution in [1.29, 1.82) is 0 Å². The van der Waals surface area contributed by atoms with Gasteiger partial charge in [-0.15, -0.1) is 0 Å². The van der Waals surface area contributed by atoms with Gasteiger partial charge in [-0.05, 0) is 87.4 Å². The van der Waals surface area contributed by atoms with Gasteiger partial charge in [-0.2, -0.15) is 0 Å². The van der Waals surface area contributed by atoms with E-state index in [4.69, 9.17) is 9.15 Å². The molecule has 6 aromatic rings. The molecule has 0 spiro atoms. The minimum atomic E-state index is 0.0133. The normalized spacial score (nSPS) is 23.3. The molecule has 0 saturated heterocycles. The highest BCUT2D eigenvalue weighted by atomic mass is 16.5. The first kappa shape index (κ1) is 32.1. The predicted molar refractivity (Wildman–Crippen MR) is 224 cm³/mol. The largest absolute Gasteiger partial charge is 0.459 e. The Morgan fingerprint density at radius 3 is 2.48 bits per heavy atom. The van der Waals surface area contributed by atoms with Gasteiger partial charge in [0.25, 0.3) is 0 Å². The number of para-hydroxylation sites is 2. The van der Waals surface area contributed by atoms with E-state index in [1.807, 2.05) is 18.2 Å². The van der Waals surface area contributed by atoms with E-state index >= 15 is 0 Å². The van der Waals surface area contributed by atoms with Crippen molar-refractivity contribution in [1.82, 2.24) is 5.32 Å². The number of hydrogen-bond donors (Lipinski definition) is 1. The summed E-state index contributed by atoms with van der Waals surface area (Å²) in [6.45, 7) is 4.12. The Morgan fingerprint density at radius 2 is 1.54 bits per heavy atom. The summed E-state index contributed by atoms with van der Waals surface area (Å²) in [6, 6.07) is 37.0. The second-order valence-electron chi connectivity index (χ2n) is 14.5. The Balaban J connectivity index is 1.04. The first-order valence-electron chi connectivity index (χ1n) is 18.8. The topological polar surface area (TPSA) is 34.4 Å². The standard InChI is InChI=1S/C51H39NO2/c1-33-11-3-2-4-13-34(14-9-12-33)35-21-23-36(24-22-35)43-31-39(27-29-45(43)52-46-18-10-17-41-40-15-5-7-19-47(40)54-51(41)46)38-26-25-37-28-30-49-50(44(37)32-38)42-16-6-8-20-48(42)53-49/h2-12,14-16,18-32,41,43,45,52H,1,13,17H2/b4-2-,11-3-,12-9-,34-14+. The summed E-state index contributed by atoms with van der Waals surface area (Å²) < 4.78 is 12.8. The molecule has 1 aliphatic heterocycles. The second kappa shape index (κ2) is 13.4. The van der Waals surface area contributed by atoms with E-state index in [-0.39, 0.29) is 17.9 Å². The third kappa shape index (κ3) is 5.79. The van der Waals surface area contributed by atoms with Gasteiger partial charge in [-0.3, -0.25) is 0 Å². The molecule has 3 nitrogen and oxygen atoms in total. The summed E-state index contributed by atoms with van der Waals surface area (Å²) in [7, 11) is 0. The van der Waals surface area contributed by atoms with Gasteiger partial charge in [-0.25, -0.2) is 0 Å². The van der Waals surface area contributed by atoms with Crippen LogP contribution in [0.2, 0.25) is 0 Å². The van der Waals surface area contributed by atoms with Crippen LogP contribution in [0, 0.1) is 0 Å². The van der Waals surface area contributed by atoms with Gasteiger partial charge in [0.2, 0.25) is 0 Å². The number of furan rings is 1. The van der Waals surface area contributed by atoms with E-state index in [1.54, 1.807) is 0 Å². The van der Waals surface area contributed by atoms with Gasteiger partial charge in [-0.1, -0.05) is 152 Å². The summed E-state index contributed by atoms with van der Waals surface area (Å²) in [4.78, 5) is 0. The van der Waals surface area contributed by atoms with E-state index in [1.165, 1.54) is 49.6 Å². The summed E-state index contributed by atoms with van der Waals surface area (Å²) in [6.07, 6.45) is 28.1. The molecular weight excluding hydrogens is 659 g/mol. The molecule has 1 aromatic heterocycles. The lowest BCUT2D eigenvalue weighted by atomic mass is 9.82. The molecule has 0 radical (unpaired) electrons. The van der Waals surface area contributed by atoms with Gasteiger partial charge >= 0.3 is 0 Å². The summed E-state index contributed by atoms with van der Waals surface area (Å²) in [5.74, 6) is 2.28. The first-order valence-corrected chi connectivity index (χ1v) is 18.8. The zero-order valence-corrected chi connectivity index (χ0v) is 29.9. The first-order chi connectivity index (χ1) is 26.7. The molecule has 10 rings (SSSR count). The Hall–Kier alpha value is -6.58. The van der Waals surface area contributed by atoms with E-state index in [0.717, 1.165) is 52.2 Å². The van der Waals surface area contributed by atoms with Crippen molar-refractivity contribution in [2.45, 2.75) is 30.7 Å². The van der Waals surface area contributed by atoms with Gasteiger partial charge in [0.15, 0.2) is 0 Å². The molecule has 3 atom stereocenters. The van der Waals surface area contributed by atoms with Crippen molar-refractivity contribution >= 4 is 43.9 Å². The highest BCUT2D eigenvalue weighted by molar-refractivity contribution is 6.19. The number of fused-ring (bicyclic) bond motifs is 8. The Labute approximate surface area is 315 Å². The minimum Gasteiger partial charge on any atom is -0.459 e. The fourth-order valence-corrected chi connectivity index (χ4v) is 8.41. The van der Waals surface area contributed by atoms with Crippen LogP contribution in [0.4, 0.5) is 0 Å². The number of hydrogen-bond acceptors (Lipinski definition) is 3. The minimum absolute atomic E-state index is 0.0133. The monoisotopic (exact) mass is 697 g/mol. The third-order valence-corrected chi connectivity index (χ3v) is 11.2. The zero-order chi connectivity index (χ0) is 36.0. The summed E-state index contributed by atoms with van der Waals surface area (Å²) in [5, 5.41) is 8.67. The van der Waals surface area contributed by atoms with Gasteiger partial charge in [0.1, 0.15) is 22.7 Å². The Bertz CT molecular complexity index is 2740. The number of rotatable bonds is 5. The average Bonchev–Trinajstić information content (AvgIpc) is 3.80. The van der Waals surface area contributed by atoms with Crippen molar-refractivity contribution in [3.63, 3.8) is 0 Å². The molecule has 4 aliphatic rings. The van der Waals surface area contributed by atoms with Crippen molar-refractivity contribution in [2.75, 3.05) is 0 Å². The van der Waals surface area contributed by atoms with Crippen LogP contribution in [-0.2, 0) is 0 Å². The molecule has 3 unspecified atom stereocenters. The second-order valence-corrected chi connectivity index (χ2v) is 14.5. The number of benzene rings is 5. The van der Waals surface area contributed by atoms with Crippen LogP contribution >= 0.6 is 0 Å². The van der Waals surface area contributed by atoms with Crippen LogP contribution in [0.25, 0.3) is 43.9 Å². The van der Waals surface area contributed by atoms with Crippen LogP contribution in [0.5, 0.6) is 5.75 Å². The van der Waals surface area contributed by atoms with E-state index < -0.39 is 0 Å². The molecular formula is C51H39NO2. The molecule has 0 fully saturated rings. The van der Waals surface area contributed by atoms with Crippen molar-refractivity contribution in [3.8, 4) is 5.75 Å². The van der Waals surface area contributed by atoms with Crippen LogP contribution in [0.15, 0.2) is 204 Å². The van der Waals surface area contributed by atoms with Crippen molar-refractivity contribution < 1.29 is 9.15 Å². The van der Waals surface area contributed by atoms with Crippen LogP contribution in [-0.4, -0.2) is 6.04 Å². The third-order valence-electron chi connectivity index (χ3n) is 11.2. The molecule has 5 aromatic carbocycles. The smallest absolute Gasteiger partial charge is 0.136 e. The van der Waals surface area contributed by atoms with E-state index in [2.05, 4.69) is 170 Å². The average molecular weight is 698 g/mol. The molecule has 1 N–H and O–H groups in total. The lowest BCUT2D eigenvalue weighted by Gasteiger charge is -2.31. The summed E-state index contributed by atoms with van der Waals surface area (Å²) >= 11 is 0. The van der Waals surface area contributed by atoms with E-state index in [9.17, 15) is 0 Å². The zero-order valence-electron chi connectivity index (χ0n) is 29.9. The lowest BCUT2D eigenvalue weighted by Crippen LogP contribution is -2.34. The van der Waals surface area contributed by atoms with Gasteiger partial charge in [0, 0.05) is 22.3 Å². The quantitative estimate of drug-likeness (QED) is 0.195. The molecule has 3 aliphatic carbocycles. The number of ether oxygens (including phenoxy) is 1. The molecule has 0 amide bonds. The molecule has 0 saturated carbocycles. The molecule has 0 bridgehead atoms. The summed E-state index contributed by atoms with van der Waals surface area (Å²) in [5.41, 5.74) is 11.3. The highest BCUT2D eigenvalue weighted by Gasteiger charge is 2.34. The van der Waals surface area contributed by atoms with Gasteiger partial charge < -0.3 is 14.5 Å². The Morgan fingerprint density at radius 1 is 0.704 bits per heavy atom. The maximum atomic E-state index is 6.51. The number of allylic oxidation sites excluding steroid dienone is 14. The van der Waals surface area contributed by atoms with Gasteiger partial charge in [0.05, 0.1) is 17.7 Å². The molecule has 260 valence electrons.